The first-order valence-corrected chi connectivity index (χ1v) is 10.3. The molecule has 1 aromatic carbocycles. The third kappa shape index (κ3) is 8.92. The summed E-state index contributed by atoms with van der Waals surface area (Å²) in [5, 5.41) is 6.31. The van der Waals surface area contributed by atoms with Crippen LogP contribution in [-0.2, 0) is 11.2 Å². The van der Waals surface area contributed by atoms with Gasteiger partial charge < -0.3 is 25.2 Å². The van der Waals surface area contributed by atoms with Gasteiger partial charge in [-0.1, -0.05) is 12.1 Å². The van der Waals surface area contributed by atoms with E-state index in [9.17, 15) is 9.59 Å². The molecule has 1 aromatic rings. The molecular weight excluding hydrogens is 509 g/mol. The number of guanidine groups is 1. The molecule has 0 radical (unpaired) electrons. The monoisotopic (exact) mass is 545 g/mol. The molecule has 8 nitrogen and oxygen atoms in total. The van der Waals surface area contributed by atoms with Gasteiger partial charge in [-0.25, -0.2) is 4.79 Å². The van der Waals surface area contributed by atoms with Gasteiger partial charge >= 0.3 is 6.09 Å². The average Bonchev–Trinajstić information content (AvgIpc) is 3.11. The molecule has 1 heterocycles. The largest absolute Gasteiger partial charge is 0.444 e. The lowest BCUT2D eigenvalue weighted by Crippen LogP contribution is -2.44. The maximum atomic E-state index is 12.1. The number of alkyl carbamates (subject to hydrolysis) is 1. The van der Waals surface area contributed by atoms with E-state index in [-0.39, 0.29) is 42.0 Å². The topological polar surface area (TPSA) is 86.3 Å². The van der Waals surface area contributed by atoms with Crippen LogP contribution in [0.25, 0.3) is 0 Å². The van der Waals surface area contributed by atoms with Crippen LogP contribution in [0.4, 0.5) is 4.79 Å². The summed E-state index contributed by atoms with van der Waals surface area (Å²) >= 11 is 0. The molecule has 0 saturated carbocycles. The number of halogens is 1. The van der Waals surface area contributed by atoms with Gasteiger partial charge in [-0.05, 0) is 51.3 Å². The fourth-order valence-electron chi connectivity index (χ4n) is 3.31. The number of benzene rings is 1. The summed E-state index contributed by atoms with van der Waals surface area (Å²) in [4.78, 5) is 32.2. The minimum atomic E-state index is -0.506. The molecule has 2 amide bonds. The fourth-order valence-corrected chi connectivity index (χ4v) is 3.31. The Balaban J connectivity index is 0.00000480. The highest BCUT2D eigenvalue weighted by Crippen LogP contribution is 2.12. The van der Waals surface area contributed by atoms with E-state index in [4.69, 9.17) is 4.74 Å². The lowest BCUT2D eigenvalue weighted by molar-refractivity contribution is 0.0507. The lowest BCUT2D eigenvalue weighted by atomic mass is 10.1. The molecule has 31 heavy (non-hydrogen) atoms. The molecule has 174 valence electrons. The summed E-state index contributed by atoms with van der Waals surface area (Å²) in [5.74, 6) is 0.810. The van der Waals surface area contributed by atoms with Crippen LogP contribution in [0, 0.1) is 0 Å². The molecule has 0 aromatic heterocycles. The summed E-state index contributed by atoms with van der Waals surface area (Å²) < 4.78 is 5.34. The third-order valence-electron chi connectivity index (χ3n) is 4.70. The van der Waals surface area contributed by atoms with Crippen LogP contribution in [0.15, 0.2) is 29.3 Å². The third-order valence-corrected chi connectivity index (χ3v) is 4.70. The van der Waals surface area contributed by atoms with Crippen molar-refractivity contribution in [1.29, 1.82) is 0 Å². The summed E-state index contributed by atoms with van der Waals surface area (Å²) in [7, 11) is 5.26. The number of ether oxygens (including phenoxy) is 1. The Morgan fingerprint density at radius 2 is 2.00 bits per heavy atom. The summed E-state index contributed by atoms with van der Waals surface area (Å²) in [6, 6.07) is 7.73. The van der Waals surface area contributed by atoms with Gasteiger partial charge in [0.25, 0.3) is 5.91 Å². The van der Waals surface area contributed by atoms with E-state index >= 15 is 0 Å². The molecular formula is C22H36IN5O3. The number of hydrogen-bond acceptors (Lipinski definition) is 4. The van der Waals surface area contributed by atoms with E-state index in [1.807, 2.05) is 45.0 Å². The van der Waals surface area contributed by atoms with Crippen molar-refractivity contribution in [1.82, 2.24) is 20.4 Å². The van der Waals surface area contributed by atoms with Crippen LogP contribution in [0.3, 0.4) is 0 Å². The van der Waals surface area contributed by atoms with Gasteiger partial charge in [0.15, 0.2) is 5.96 Å². The van der Waals surface area contributed by atoms with E-state index in [0.717, 1.165) is 30.9 Å². The van der Waals surface area contributed by atoms with Crippen molar-refractivity contribution >= 4 is 41.9 Å². The number of amides is 2. The SMILES string of the molecule is CN=C(NCCc1cccc(C(=O)N(C)C)c1)N1CCC(NC(=O)OC(C)(C)C)C1.I. The molecule has 2 N–H and O–H groups in total. The van der Waals surface area contributed by atoms with Gasteiger partial charge in [-0.3, -0.25) is 9.79 Å². The smallest absolute Gasteiger partial charge is 0.407 e. The van der Waals surface area contributed by atoms with Gasteiger partial charge in [0.1, 0.15) is 5.60 Å². The van der Waals surface area contributed by atoms with Gasteiger partial charge in [-0.2, -0.15) is 0 Å². The van der Waals surface area contributed by atoms with E-state index in [0.29, 0.717) is 18.7 Å². The highest BCUT2D eigenvalue weighted by Gasteiger charge is 2.27. The number of carbonyl (C=O) groups is 2. The molecule has 1 atom stereocenters. The molecule has 1 aliphatic heterocycles. The molecule has 0 aliphatic carbocycles. The summed E-state index contributed by atoms with van der Waals surface area (Å²) in [6.45, 7) is 7.76. The average molecular weight is 545 g/mol. The predicted molar refractivity (Wildman–Crippen MR) is 134 cm³/mol. The van der Waals surface area contributed by atoms with Crippen LogP contribution < -0.4 is 10.6 Å². The maximum Gasteiger partial charge on any atom is 0.407 e. The van der Waals surface area contributed by atoms with Crippen molar-refractivity contribution in [3.63, 3.8) is 0 Å². The Bertz CT molecular complexity index is 777. The Hall–Kier alpha value is -2.04. The zero-order valence-electron chi connectivity index (χ0n) is 19.4. The van der Waals surface area contributed by atoms with Crippen molar-refractivity contribution in [2.45, 2.75) is 45.3 Å². The Kier molecular flexibility index (Phi) is 10.5. The number of rotatable bonds is 5. The van der Waals surface area contributed by atoms with Crippen molar-refractivity contribution in [2.75, 3.05) is 40.8 Å². The summed E-state index contributed by atoms with van der Waals surface area (Å²) in [6.07, 6.45) is 1.24. The number of likely N-dealkylation sites (tertiary alicyclic amines) is 1. The van der Waals surface area contributed by atoms with E-state index in [1.165, 1.54) is 0 Å². The highest BCUT2D eigenvalue weighted by atomic mass is 127. The molecule has 1 unspecified atom stereocenters. The molecule has 1 fully saturated rings. The first-order valence-electron chi connectivity index (χ1n) is 10.3. The fraction of sp³-hybridized carbons (Fsp3) is 0.591. The Morgan fingerprint density at radius 1 is 1.29 bits per heavy atom. The highest BCUT2D eigenvalue weighted by molar-refractivity contribution is 14.0. The van der Waals surface area contributed by atoms with E-state index < -0.39 is 5.60 Å². The van der Waals surface area contributed by atoms with Gasteiger partial charge in [0.2, 0.25) is 0 Å². The summed E-state index contributed by atoms with van der Waals surface area (Å²) in [5.41, 5.74) is 1.28. The van der Waals surface area contributed by atoms with Gasteiger partial charge in [0, 0.05) is 46.3 Å². The second kappa shape index (κ2) is 12.1. The second-order valence-corrected chi connectivity index (χ2v) is 8.70. The number of aliphatic imine (C=N–C) groups is 1. The van der Waals surface area contributed by atoms with Crippen molar-refractivity contribution in [2.24, 2.45) is 4.99 Å². The lowest BCUT2D eigenvalue weighted by Gasteiger charge is -2.23. The molecule has 9 heteroatoms. The maximum absolute atomic E-state index is 12.1. The van der Waals surface area contributed by atoms with E-state index in [1.54, 1.807) is 26.0 Å². The van der Waals surface area contributed by atoms with Crippen molar-refractivity contribution < 1.29 is 14.3 Å². The molecule has 0 bridgehead atoms. The number of carbonyl (C=O) groups excluding carboxylic acids is 2. The van der Waals surface area contributed by atoms with E-state index in [2.05, 4.69) is 20.5 Å². The minimum absolute atomic E-state index is 0. The zero-order chi connectivity index (χ0) is 22.3. The van der Waals surface area contributed by atoms with Crippen LogP contribution in [0.2, 0.25) is 0 Å². The quantitative estimate of drug-likeness (QED) is 0.338. The van der Waals surface area contributed by atoms with Crippen LogP contribution in [0.1, 0.15) is 43.1 Å². The first-order chi connectivity index (χ1) is 14.1. The molecule has 1 saturated heterocycles. The Morgan fingerprint density at radius 3 is 2.61 bits per heavy atom. The molecule has 1 aliphatic rings. The van der Waals surface area contributed by atoms with Crippen LogP contribution in [-0.4, -0.2) is 80.2 Å². The second-order valence-electron chi connectivity index (χ2n) is 8.70. The number of nitrogens with zero attached hydrogens (tertiary/aromatic N) is 3. The molecule has 0 spiro atoms. The standard InChI is InChI=1S/C22H35N5O3.HI/c1-22(2,3)30-21(29)25-18-11-13-27(15-18)20(23-4)24-12-10-16-8-7-9-17(14-16)19(28)26(5)6;/h7-9,14,18H,10-13,15H2,1-6H3,(H,23,24)(H,25,29);1H. The zero-order valence-corrected chi connectivity index (χ0v) is 21.7. The van der Waals surface area contributed by atoms with Crippen molar-refractivity contribution in [3.8, 4) is 0 Å². The molecule has 2 rings (SSSR count). The van der Waals surface area contributed by atoms with Gasteiger partial charge in [-0.15, -0.1) is 24.0 Å². The first kappa shape index (κ1) is 27.0. The number of hydrogen-bond donors (Lipinski definition) is 2. The van der Waals surface area contributed by atoms with Crippen molar-refractivity contribution in [3.05, 3.63) is 35.4 Å². The van der Waals surface area contributed by atoms with Gasteiger partial charge in [0.05, 0.1) is 6.04 Å². The normalized spacial score (nSPS) is 16.4. The Labute approximate surface area is 202 Å². The predicted octanol–water partition coefficient (Wildman–Crippen LogP) is 2.72. The van der Waals surface area contributed by atoms with Crippen LogP contribution >= 0.6 is 24.0 Å². The number of nitrogens with one attached hydrogen (secondary N) is 2. The van der Waals surface area contributed by atoms with Crippen LogP contribution in [0.5, 0.6) is 0 Å². The minimum Gasteiger partial charge on any atom is -0.444 e.